The van der Waals surface area contributed by atoms with Crippen molar-refractivity contribution in [1.29, 1.82) is 0 Å². The summed E-state index contributed by atoms with van der Waals surface area (Å²) in [5, 5.41) is 0. The molecular formula is C16H18BrNO2S. The van der Waals surface area contributed by atoms with Gasteiger partial charge in [-0.3, -0.25) is 0 Å². The second kappa shape index (κ2) is 7.73. The van der Waals surface area contributed by atoms with E-state index < -0.39 is 0 Å². The highest BCUT2D eigenvalue weighted by Crippen LogP contribution is 2.35. The smallest absolute Gasteiger partial charge is 0.127 e. The van der Waals surface area contributed by atoms with Gasteiger partial charge in [0.2, 0.25) is 0 Å². The number of halogens is 1. The molecule has 0 aromatic heterocycles. The number of methoxy groups -OCH3 is 2. The molecule has 0 amide bonds. The number of thioether (sulfide) groups is 1. The highest BCUT2D eigenvalue weighted by atomic mass is 79.9. The van der Waals surface area contributed by atoms with Crippen LogP contribution in [0, 0.1) is 0 Å². The van der Waals surface area contributed by atoms with Gasteiger partial charge in [0.05, 0.1) is 19.8 Å². The third kappa shape index (κ3) is 4.15. The molecule has 2 N–H and O–H groups in total. The molecule has 0 spiro atoms. The molecule has 2 aromatic rings. The van der Waals surface area contributed by atoms with Gasteiger partial charge in [0.25, 0.3) is 0 Å². The average molecular weight is 368 g/mol. The van der Waals surface area contributed by atoms with Crippen LogP contribution in [0.4, 0.5) is 0 Å². The van der Waals surface area contributed by atoms with Crippen LogP contribution in [0.2, 0.25) is 0 Å². The van der Waals surface area contributed by atoms with Crippen molar-refractivity contribution in [3.8, 4) is 11.5 Å². The van der Waals surface area contributed by atoms with Crippen molar-refractivity contribution in [3.63, 3.8) is 0 Å². The van der Waals surface area contributed by atoms with Gasteiger partial charge in [-0.25, -0.2) is 0 Å². The van der Waals surface area contributed by atoms with Crippen molar-refractivity contribution in [1.82, 2.24) is 0 Å². The Hall–Kier alpha value is -1.17. The molecule has 0 aliphatic heterocycles. The molecule has 0 fully saturated rings. The molecule has 0 aliphatic carbocycles. The standard InChI is InChI=1S/C16H18BrNO2S/c1-19-14-7-4-8-15(20-2)16(14)13(18)10-21-12-6-3-5-11(17)9-12/h3-9,13H,10,18H2,1-2H3. The van der Waals surface area contributed by atoms with Gasteiger partial charge in [-0.05, 0) is 30.3 Å². The van der Waals surface area contributed by atoms with Crippen LogP contribution in [0.5, 0.6) is 11.5 Å². The molecule has 0 bridgehead atoms. The predicted octanol–water partition coefficient (Wildman–Crippen LogP) is 4.26. The predicted molar refractivity (Wildman–Crippen MR) is 91.3 cm³/mol. The van der Waals surface area contributed by atoms with Crippen molar-refractivity contribution >= 4 is 27.7 Å². The molecule has 2 aromatic carbocycles. The van der Waals surface area contributed by atoms with E-state index in [1.54, 1.807) is 26.0 Å². The lowest BCUT2D eigenvalue weighted by molar-refractivity contribution is 0.381. The fraction of sp³-hybridized carbons (Fsp3) is 0.250. The van der Waals surface area contributed by atoms with Crippen LogP contribution in [0.1, 0.15) is 11.6 Å². The van der Waals surface area contributed by atoms with E-state index in [0.29, 0.717) is 0 Å². The monoisotopic (exact) mass is 367 g/mol. The van der Waals surface area contributed by atoms with E-state index in [-0.39, 0.29) is 6.04 Å². The largest absolute Gasteiger partial charge is 0.496 e. The Labute approximate surface area is 138 Å². The molecule has 112 valence electrons. The van der Waals surface area contributed by atoms with E-state index in [9.17, 15) is 0 Å². The van der Waals surface area contributed by atoms with E-state index in [4.69, 9.17) is 15.2 Å². The lowest BCUT2D eigenvalue weighted by atomic mass is 10.1. The minimum absolute atomic E-state index is 0.167. The Bertz CT molecular complexity index is 584. The third-order valence-corrected chi connectivity index (χ3v) is 4.67. The lowest BCUT2D eigenvalue weighted by Crippen LogP contribution is -2.15. The zero-order valence-electron chi connectivity index (χ0n) is 12.0. The van der Waals surface area contributed by atoms with E-state index in [0.717, 1.165) is 27.3 Å². The summed E-state index contributed by atoms with van der Waals surface area (Å²) >= 11 is 5.18. The van der Waals surface area contributed by atoms with Gasteiger partial charge in [-0.2, -0.15) is 0 Å². The molecule has 1 atom stereocenters. The zero-order chi connectivity index (χ0) is 15.2. The molecule has 2 rings (SSSR count). The van der Waals surface area contributed by atoms with Gasteiger partial charge in [0.1, 0.15) is 11.5 Å². The number of nitrogens with two attached hydrogens (primary N) is 1. The van der Waals surface area contributed by atoms with Gasteiger partial charge >= 0.3 is 0 Å². The van der Waals surface area contributed by atoms with Crippen LogP contribution in [-0.2, 0) is 0 Å². The maximum atomic E-state index is 6.34. The van der Waals surface area contributed by atoms with Crippen molar-refractivity contribution in [2.24, 2.45) is 5.73 Å². The number of benzene rings is 2. The molecule has 3 nitrogen and oxygen atoms in total. The van der Waals surface area contributed by atoms with E-state index in [2.05, 4.69) is 28.1 Å². The Morgan fingerprint density at radius 3 is 2.29 bits per heavy atom. The quantitative estimate of drug-likeness (QED) is 0.774. The average Bonchev–Trinajstić information content (AvgIpc) is 2.51. The number of hydrogen-bond acceptors (Lipinski definition) is 4. The second-order valence-corrected chi connectivity index (χ2v) is 6.46. The van der Waals surface area contributed by atoms with E-state index >= 15 is 0 Å². The Morgan fingerprint density at radius 2 is 1.71 bits per heavy atom. The topological polar surface area (TPSA) is 44.5 Å². The summed E-state index contributed by atoms with van der Waals surface area (Å²) in [6, 6.07) is 13.7. The van der Waals surface area contributed by atoms with Crippen molar-refractivity contribution in [2.45, 2.75) is 10.9 Å². The summed E-state index contributed by atoms with van der Waals surface area (Å²) in [6.07, 6.45) is 0. The first-order chi connectivity index (χ1) is 10.2. The van der Waals surface area contributed by atoms with Crippen LogP contribution in [0.25, 0.3) is 0 Å². The maximum Gasteiger partial charge on any atom is 0.127 e. The summed E-state index contributed by atoms with van der Waals surface area (Å²) in [6.45, 7) is 0. The summed E-state index contributed by atoms with van der Waals surface area (Å²) in [5.74, 6) is 2.26. The zero-order valence-corrected chi connectivity index (χ0v) is 14.4. The molecule has 0 radical (unpaired) electrons. The van der Waals surface area contributed by atoms with Crippen LogP contribution < -0.4 is 15.2 Å². The molecule has 0 saturated heterocycles. The number of hydrogen-bond donors (Lipinski definition) is 1. The minimum Gasteiger partial charge on any atom is -0.496 e. The van der Waals surface area contributed by atoms with Crippen LogP contribution in [-0.4, -0.2) is 20.0 Å². The molecule has 0 aliphatic rings. The number of ether oxygens (including phenoxy) is 2. The van der Waals surface area contributed by atoms with Gasteiger partial charge in [0.15, 0.2) is 0 Å². The fourth-order valence-corrected chi connectivity index (χ4v) is 3.55. The Morgan fingerprint density at radius 1 is 1.10 bits per heavy atom. The first-order valence-corrected chi connectivity index (χ1v) is 8.28. The van der Waals surface area contributed by atoms with Gasteiger partial charge in [-0.15, -0.1) is 11.8 Å². The minimum atomic E-state index is -0.167. The summed E-state index contributed by atoms with van der Waals surface area (Å²) in [5.41, 5.74) is 7.25. The summed E-state index contributed by atoms with van der Waals surface area (Å²) in [7, 11) is 3.29. The van der Waals surface area contributed by atoms with Crippen molar-refractivity contribution in [3.05, 3.63) is 52.5 Å². The SMILES string of the molecule is COc1cccc(OC)c1C(N)CSc1cccc(Br)c1. The van der Waals surface area contributed by atoms with E-state index in [1.165, 1.54) is 4.90 Å². The molecule has 0 saturated carbocycles. The lowest BCUT2D eigenvalue weighted by Gasteiger charge is -2.18. The molecule has 5 heteroatoms. The first-order valence-electron chi connectivity index (χ1n) is 6.50. The molecule has 21 heavy (non-hydrogen) atoms. The van der Waals surface area contributed by atoms with Crippen molar-refractivity contribution in [2.75, 3.05) is 20.0 Å². The fourth-order valence-electron chi connectivity index (χ4n) is 2.07. The van der Waals surface area contributed by atoms with E-state index in [1.807, 2.05) is 30.3 Å². The Kier molecular flexibility index (Phi) is 5.96. The highest BCUT2D eigenvalue weighted by Gasteiger charge is 2.17. The van der Waals surface area contributed by atoms with Gasteiger partial charge in [-0.1, -0.05) is 28.1 Å². The summed E-state index contributed by atoms with van der Waals surface area (Å²) < 4.78 is 11.9. The maximum absolute atomic E-state index is 6.34. The van der Waals surface area contributed by atoms with Crippen LogP contribution in [0.15, 0.2) is 51.8 Å². The third-order valence-electron chi connectivity index (χ3n) is 3.06. The molecular weight excluding hydrogens is 350 g/mol. The second-order valence-electron chi connectivity index (χ2n) is 4.45. The van der Waals surface area contributed by atoms with Gasteiger partial charge < -0.3 is 15.2 Å². The van der Waals surface area contributed by atoms with Crippen LogP contribution >= 0.6 is 27.7 Å². The normalized spacial score (nSPS) is 12.0. The molecule has 1 unspecified atom stereocenters. The summed E-state index contributed by atoms with van der Waals surface area (Å²) in [4.78, 5) is 1.17. The number of rotatable bonds is 6. The van der Waals surface area contributed by atoms with Crippen molar-refractivity contribution < 1.29 is 9.47 Å². The first kappa shape index (κ1) is 16.2. The molecule has 0 heterocycles. The highest BCUT2D eigenvalue weighted by molar-refractivity contribution is 9.10. The van der Waals surface area contributed by atoms with Gasteiger partial charge in [0, 0.05) is 21.2 Å². The Balaban J connectivity index is 2.15. The van der Waals surface area contributed by atoms with Crippen LogP contribution in [0.3, 0.4) is 0 Å².